The Morgan fingerprint density at radius 1 is 0.967 bits per heavy atom. The summed E-state index contributed by atoms with van der Waals surface area (Å²) in [4.78, 5) is 12.5. The molecule has 0 radical (unpaired) electrons. The van der Waals surface area contributed by atoms with Crippen LogP contribution in [0.25, 0.3) is 6.08 Å². The van der Waals surface area contributed by atoms with Gasteiger partial charge in [-0.05, 0) is 60.2 Å². The van der Waals surface area contributed by atoms with E-state index < -0.39 is 15.9 Å². The van der Waals surface area contributed by atoms with E-state index >= 15 is 0 Å². The molecule has 1 heterocycles. The van der Waals surface area contributed by atoms with Gasteiger partial charge in [0.05, 0.1) is 12.7 Å². The summed E-state index contributed by atoms with van der Waals surface area (Å²) < 4.78 is 54.1. The second-order valence-electron chi connectivity index (χ2n) is 6.37. The second-order valence-corrected chi connectivity index (χ2v) is 7.91. The van der Waals surface area contributed by atoms with Gasteiger partial charge in [-0.15, -0.1) is 0 Å². The molecule has 6 nitrogen and oxygen atoms in total. The fourth-order valence-corrected chi connectivity index (χ4v) is 3.81. The van der Waals surface area contributed by atoms with Crippen molar-refractivity contribution in [3.8, 4) is 17.2 Å². The van der Waals surface area contributed by atoms with Gasteiger partial charge >= 0.3 is 10.1 Å². The SMILES string of the molecule is COc1ccc(S(=O)(=O)Oc2ccc3c(c2)OC(=Cc2cccc(F)c2)C3=O)cc1. The highest BCUT2D eigenvalue weighted by molar-refractivity contribution is 7.87. The smallest absolute Gasteiger partial charge is 0.339 e. The number of rotatable bonds is 5. The van der Waals surface area contributed by atoms with E-state index in [4.69, 9.17) is 13.7 Å². The molecule has 0 N–H and O–H groups in total. The van der Waals surface area contributed by atoms with Crippen molar-refractivity contribution in [2.75, 3.05) is 7.11 Å². The van der Waals surface area contributed by atoms with Gasteiger partial charge < -0.3 is 13.7 Å². The van der Waals surface area contributed by atoms with Crippen LogP contribution in [0.2, 0.25) is 0 Å². The summed E-state index contributed by atoms with van der Waals surface area (Å²) in [7, 11) is -2.61. The van der Waals surface area contributed by atoms with Gasteiger partial charge in [0.15, 0.2) is 5.76 Å². The molecule has 8 heteroatoms. The number of hydrogen-bond donors (Lipinski definition) is 0. The minimum Gasteiger partial charge on any atom is -0.497 e. The molecule has 1 aliphatic rings. The standard InChI is InChI=1S/C22H15FO6S/c1-27-16-5-8-18(9-6-16)30(25,26)29-17-7-10-19-20(13-17)28-21(22(19)24)12-14-3-2-4-15(23)11-14/h2-13H,1H3. The average Bonchev–Trinajstić information content (AvgIpc) is 3.02. The number of ether oxygens (including phenoxy) is 2. The molecule has 0 unspecified atom stereocenters. The van der Waals surface area contributed by atoms with Crippen molar-refractivity contribution in [3.05, 3.63) is 89.4 Å². The van der Waals surface area contributed by atoms with Crippen LogP contribution < -0.4 is 13.7 Å². The largest absolute Gasteiger partial charge is 0.497 e. The van der Waals surface area contributed by atoms with E-state index in [-0.39, 0.29) is 33.5 Å². The predicted molar refractivity (Wildman–Crippen MR) is 107 cm³/mol. The first kappa shape index (κ1) is 19.7. The average molecular weight is 426 g/mol. The highest BCUT2D eigenvalue weighted by atomic mass is 32.2. The lowest BCUT2D eigenvalue weighted by atomic mass is 10.1. The number of Topliss-reactive ketones (excluding diaryl/α,β-unsaturated/α-hetero) is 1. The fraction of sp³-hybridized carbons (Fsp3) is 0.0455. The number of ketones is 1. The summed E-state index contributed by atoms with van der Waals surface area (Å²) in [5.74, 6) is -0.165. The Morgan fingerprint density at radius 2 is 1.70 bits per heavy atom. The van der Waals surface area contributed by atoms with Crippen LogP contribution in [0.5, 0.6) is 17.2 Å². The van der Waals surface area contributed by atoms with Crippen LogP contribution in [0.4, 0.5) is 4.39 Å². The third-order valence-electron chi connectivity index (χ3n) is 4.34. The van der Waals surface area contributed by atoms with Crippen molar-refractivity contribution in [3.63, 3.8) is 0 Å². The van der Waals surface area contributed by atoms with Crippen LogP contribution in [0.15, 0.2) is 77.4 Å². The van der Waals surface area contributed by atoms with Gasteiger partial charge in [-0.3, -0.25) is 4.79 Å². The normalized spacial score (nSPS) is 14.3. The summed E-state index contributed by atoms with van der Waals surface area (Å²) in [5.41, 5.74) is 0.719. The van der Waals surface area contributed by atoms with Crippen molar-refractivity contribution >= 4 is 22.0 Å². The van der Waals surface area contributed by atoms with Crippen LogP contribution in [-0.2, 0) is 10.1 Å². The number of carbonyl (C=O) groups is 1. The van der Waals surface area contributed by atoms with Gasteiger partial charge in [0.2, 0.25) is 5.78 Å². The van der Waals surface area contributed by atoms with Crippen LogP contribution in [0.3, 0.4) is 0 Å². The fourth-order valence-electron chi connectivity index (χ4n) is 2.88. The Balaban J connectivity index is 1.58. The van der Waals surface area contributed by atoms with E-state index in [1.807, 2.05) is 0 Å². The molecular formula is C22H15FO6S. The van der Waals surface area contributed by atoms with Crippen molar-refractivity contribution in [1.29, 1.82) is 0 Å². The molecule has 0 amide bonds. The molecule has 3 aromatic rings. The van der Waals surface area contributed by atoms with Gasteiger partial charge in [-0.2, -0.15) is 8.42 Å². The molecule has 1 aliphatic heterocycles. The summed E-state index contributed by atoms with van der Waals surface area (Å²) >= 11 is 0. The molecule has 0 bridgehead atoms. The van der Waals surface area contributed by atoms with E-state index in [0.29, 0.717) is 11.3 Å². The molecule has 152 valence electrons. The molecule has 0 saturated carbocycles. The van der Waals surface area contributed by atoms with Crippen molar-refractivity contribution in [1.82, 2.24) is 0 Å². The minimum absolute atomic E-state index is 0.00533. The van der Waals surface area contributed by atoms with E-state index in [1.54, 1.807) is 6.07 Å². The van der Waals surface area contributed by atoms with Crippen LogP contribution in [-0.4, -0.2) is 21.3 Å². The highest BCUT2D eigenvalue weighted by Gasteiger charge is 2.28. The molecule has 0 spiro atoms. The first-order valence-electron chi connectivity index (χ1n) is 8.78. The lowest BCUT2D eigenvalue weighted by Crippen LogP contribution is -2.09. The molecule has 0 saturated heterocycles. The van der Waals surface area contributed by atoms with Crippen molar-refractivity contribution in [2.45, 2.75) is 4.90 Å². The number of benzene rings is 3. The number of halogens is 1. The second kappa shape index (κ2) is 7.64. The molecule has 0 aliphatic carbocycles. The Labute approximate surface area is 172 Å². The lowest BCUT2D eigenvalue weighted by Gasteiger charge is -2.08. The van der Waals surface area contributed by atoms with E-state index in [1.165, 1.54) is 73.8 Å². The summed E-state index contributed by atoms with van der Waals surface area (Å²) in [5, 5.41) is 0. The molecule has 0 atom stereocenters. The first-order chi connectivity index (χ1) is 14.4. The highest BCUT2D eigenvalue weighted by Crippen LogP contribution is 2.35. The Kier molecular flexibility index (Phi) is 5.01. The maximum Gasteiger partial charge on any atom is 0.339 e. The van der Waals surface area contributed by atoms with Crippen molar-refractivity contribution in [2.24, 2.45) is 0 Å². The van der Waals surface area contributed by atoms with Gasteiger partial charge in [-0.1, -0.05) is 12.1 Å². The third-order valence-corrected chi connectivity index (χ3v) is 5.60. The number of allylic oxidation sites excluding steroid dienone is 1. The maximum absolute atomic E-state index is 13.4. The summed E-state index contributed by atoms with van der Waals surface area (Å²) in [6.45, 7) is 0. The minimum atomic E-state index is -4.09. The molecule has 0 fully saturated rings. The van der Waals surface area contributed by atoms with Gasteiger partial charge in [0.1, 0.15) is 28.0 Å². The summed E-state index contributed by atoms with van der Waals surface area (Å²) in [6, 6.07) is 15.5. The molecular weight excluding hydrogens is 411 g/mol. The lowest BCUT2D eigenvalue weighted by molar-refractivity contribution is 0.101. The maximum atomic E-state index is 13.4. The van der Waals surface area contributed by atoms with Gasteiger partial charge in [0, 0.05) is 6.07 Å². The molecule has 0 aromatic heterocycles. The Hall–Kier alpha value is -3.65. The summed E-state index contributed by atoms with van der Waals surface area (Å²) in [6.07, 6.45) is 1.42. The van der Waals surface area contributed by atoms with E-state index in [2.05, 4.69) is 0 Å². The topological polar surface area (TPSA) is 78.9 Å². The molecule has 3 aromatic carbocycles. The van der Waals surface area contributed by atoms with Crippen LogP contribution >= 0.6 is 0 Å². The number of fused-ring (bicyclic) bond motifs is 1. The first-order valence-corrected chi connectivity index (χ1v) is 10.2. The van der Waals surface area contributed by atoms with E-state index in [0.717, 1.165) is 0 Å². The predicted octanol–water partition coefficient (Wildman–Crippen LogP) is 4.22. The zero-order valence-corrected chi connectivity index (χ0v) is 16.5. The Morgan fingerprint density at radius 3 is 2.40 bits per heavy atom. The molecule has 30 heavy (non-hydrogen) atoms. The van der Waals surface area contributed by atoms with E-state index in [9.17, 15) is 17.6 Å². The number of hydrogen-bond acceptors (Lipinski definition) is 6. The number of methoxy groups -OCH3 is 1. The Bertz CT molecular complexity index is 1260. The number of carbonyl (C=O) groups excluding carboxylic acids is 1. The monoisotopic (exact) mass is 426 g/mol. The van der Waals surface area contributed by atoms with Crippen LogP contribution in [0.1, 0.15) is 15.9 Å². The van der Waals surface area contributed by atoms with Gasteiger partial charge in [-0.25, -0.2) is 4.39 Å². The van der Waals surface area contributed by atoms with Crippen LogP contribution in [0, 0.1) is 5.82 Å². The zero-order chi connectivity index (χ0) is 21.3. The third kappa shape index (κ3) is 3.90. The molecule has 4 rings (SSSR count). The zero-order valence-electron chi connectivity index (χ0n) is 15.7. The van der Waals surface area contributed by atoms with Gasteiger partial charge in [0.25, 0.3) is 0 Å². The quantitative estimate of drug-likeness (QED) is 0.449. The van der Waals surface area contributed by atoms with Crippen molar-refractivity contribution < 1.29 is 31.3 Å².